The molecule has 1 saturated carbocycles. The second-order valence-electron chi connectivity index (χ2n) is 7.37. The molecule has 0 spiro atoms. The van der Waals surface area contributed by atoms with Gasteiger partial charge in [-0.2, -0.15) is 0 Å². The molecule has 2 fully saturated rings. The minimum atomic E-state index is -0.384. The van der Waals surface area contributed by atoms with Gasteiger partial charge in [-0.1, -0.05) is 60.7 Å². The number of benzene rings is 2. The van der Waals surface area contributed by atoms with Crippen LogP contribution in [0.1, 0.15) is 23.0 Å². The van der Waals surface area contributed by atoms with Crippen LogP contribution in [0.4, 0.5) is 0 Å². The Morgan fingerprint density at radius 2 is 1.36 bits per heavy atom. The third-order valence-electron chi connectivity index (χ3n) is 5.97. The minimum Gasteiger partial charge on any atom is -0.378 e. The van der Waals surface area contributed by atoms with E-state index in [1.165, 1.54) is 0 Å². The highest BCUT2D eigenvalue weighted by atomic mass is 16.5. The highest BCUT2D eigenvalue weighted by molar-refractivity contribution is 5.90. The van der Waals surface area contributed by atoms with Gasteiger partial charge in [-0.15, -0.1) is 0 Å². The fourth-order valence-electron chi connectivity index (χ4n) is 4.65. The van der Waals surface area contributed by atoms with Crippen LogP contribution in [-0.4, -0.2) is 43.0 Å². The van der Waals surface area contributed by atoms with Gasteiger partial charge in [-0.3, -0.25) is 15.0 Å². The molecule has 4 rings (SSSR count). The van der Waals surface area contributed by atoms with E-state index in [2.05, 4.69) is 5.43 Å². The molecule has 0 bridgehead atoms. The number of hydrogen-bond acceptors (Lipinski definition) is 4. The van der Waals surface area contributed by atoms with Gasteiger partial charge in [0.05, 0.1) is 25.0 Å². The number of carbonyl (C=O) groups is 2. The zero-order chi connectivity index (χ0) is 19.5. The lowest BCUT2D eigenvalue weighted by molar-refractivity contribution is -0.151. The summed E-state index contributed by atoms with van der Waals surface area (Å²) in [5.74, 6) is 4.29. The van der Waals surface area contributed by atoms with E-state index in [0.29, 0.717) is 26.3 Å². The number of amides is 2. The van der Waals surface area contributed by atoms with Gasteiger partial charge in [-0.25, -0.2) is 5.84 Å². The molecule has 146 valence electrons. The molecule has 1 saturated heterocycles. The van der Waals surface area contributed by atoms with E-state index >= 15 is 0 Å². The number of ether oxygens (including phenoxy) is 1. The van der Waals surface area contributed by atoms with Gasteiger partial charge in [0.25, 0.3) is 0 Å². The van der Waals surface area contributed by atoms with Crippen LogP contribution >= 0.6 is 0 Å². The molecule has 1 aliphatic carbocycles. The Balaban J connectivity index is 1.74. The smallest absolute Gasteiger partial charge is 0.238 e. The number of hydrogen-bond donors (Lipinski definition) is 2. The SMILES string of the molecule is NNC(=O)C1C(c2ccccc2)C(C(=O)N2CCOCC2)C1c1ccccc1. The molecule has 2 amide bonds. The molecule has 2 aliphatic rings. The van der Waals surface area contributed by atoms with Crippen molar-refractivity contribution in [3.8, 4) is 0 Å². The molecule has 0 radical (unpaired) electrons. The van der Waals surface area contributed by atoms with Gasteiger partial charge in [0, 0.05) is 24.9 Å². The first-order valence-electron chi connectivity index (χ1n) is 9.69. The Morgan fingerprint density at radius 3 is 1.82 bits per heavy atom. The van der Waals surface area contributed by atoms with Gasteiger partial charge in [-0.05, 0) is 11.1 Å². The maximum Gasteiger partial charge on any atom is 0.238 e. The number of nitrogens with two attached hydrogens (primary N) is 1. The molecular weight excluding hydrogens is 354 g/mol. The van der Waals surface area contributed by atoms with Crippen molar-refractivity contribution < 1.29 is 14.3 Å². The minimum absolute atomic E-state index is 0.0899. The summed E-state index contributed by atoms with van der Waals surface area (Å²) in [6, 6.07) is 19.6. The summed E-state index contributed by atoms with van der Waals surface area (Å²) >= 11 is 0. The van der Waals surface area contributed by atoms with Crippen LogP contribution in [0.5, 0.6) is 0 Å². The third kappa shape index (κ3) is 3.30. The molecule has 28 heavy (non-hydrogen) atoms. The van der Waals surface area contributed by atoms with Crippen LogP contribution in [-0.2, 0) is 14.3 Å². The summed E-state index contributed by atoms with van der Waals surface area (Å²) in [5, 5.41) is 0. The Kier molecular flexibility index (Phi) is 5.41. The molecule has 0 aromatic heterocycles. The Labute approximate surface area is 164 Å². The first-order chi connectivity index (χ1) is 13.7. The normalized spacial score (nSPS) is 27.0. The zero-order valence-electron chi connectivity index (χ0n) is 15.7. The van der Waals surface area contributed by atoms with Gasteiger partial charge in [0.15, 0.2) is 0 Å². The number of hydrazine groups is 1. The molecule has 2 unspecified atom stereocenters. The largest absolute Gasteiger partial charge is 0.378 e. The highest BCUT2D eigenvalue weighted by Crippen LogP contribution is 2.58. The lowest BCUT2D eigenvalue weighted by Crippen LogP contribution is -2.58. The summed E-state index contributed by atoms with van der Waals surface area (Å²) in [6.45, 7) is 2.28. The molecule has 1 heterocycles. The third-order valence-corrected chi connectivity index (χ3v) is 5.97. The molecule has 1 aliphatic heterocycles. The second kappa shape index (κ2) is 8.12. The Hall–Kier alpha value is -2.70. The number of nitrogens with one attached hydrogen (secondary N) is 1. The van der Waals surface area contributed by atoms with E-state index in [9.17, 15) is 9.59 Å². The van der Waals surface area contributed by atoms with Crippen molar-refractivity contribution in [1.82, 2.24) is 10.3 Å². The van der Waals surface area contributed by atoms with E-state index < -0.39 is 0 Å². The zero-order valence-corrected chi connectivity index (χ0v) is 15.7. The first kappa shape index (κ1) is 18.7. The summed E-state index contributed by atoms with van der Waals surface area (Å²) in [4.78, 5) is 28.1. The van der Waals surface area contributed by atoms with Crippen LogP contribution in [0, 0.1) is 11.8 Å². The molecular formula is C22H25N3O3. The van der Waals surface area contributed by atoms with Crippen molar-refractivity contribution >= 4 is 11.8 Å². The molecule has 6 heteroatoms. The maximum absolute atomic E-state index is 13.5. The van der Waals surface area contributed by atoms with Crippen molar-refractivity contribution in [3.63, 3.8) is 0 Å². The number of carbonyl (C=O) groups excluding carboxylic acids is 2. The predicted octanol–water partition coefficient (Wildman–Crippen LogP) is 1.65. The average molecular weight is 379 g/mol. The van der Waals surface area contributed by atoms with Crippen LogP contribution in [0.15, 0.2) is 60.7 Å². The molecule has 3 N–H and O–H groups in total. The fourth-order valence-corrected chi connectivity index (χ4v) is 4.65. The number of rotatable bonds is 4. The van der Waals surface area contributed by atoms with Crippen molar-refractivity contribution in [2.45, 2.75) is 11.8 Å². The van der Waals surface area contributed by atoms with E-state index in [-0.39, 0.29) is 35.5 Å². The fraction of sp³-hybridized carbons (Fsp3) is 0.364. The van der Waals surface area contributed by atoms with E-state index in [4.69, 9.17) is 10.6 Å². The van der Waals surface area contributed by atoms with E-state index in [0.717, 1.165) is 11.1 Å². The summed E-state index contributed by atoms with van der Waals surface area (Å²) in [6.07, 6.45) is 0. The lowest BCUT2D eigenvalue weighted by atomic mass is 9.51. The van der Waals surface area contributed by atoms with Crippen LogP contribution in [0.25, 0.3) is 0 Å². The lowest BCUT2D eigenvalue weighted by Gasteiger charge is -2.52. The topological polar surface area (TPSA) is 84.7 Å². The quantitative estimate of drug-likeness (QED) is 0.481. The summed E-state index contributed by atoms with van der Waals surface area (Å²) < 4.78 is 5.41. The first-order valence-corrected chi connectivity index (χ1v) is 9.69. The Morgan fingerprint density at radius 1 is 0.857 bits per heavy atom. The Bertz CT molecular complexity index is 774. The molecule has 2 aromatic rings. The van der Waals surface area contributed by atoms with Crippen molar-refractivity contribution in [1.29, 1.82) is 0 Å². The van der Waals surface area contributed by atoms with Crippen LogP contribution < -0.4 is 11.3 Å². The van der Waals surface area contributed by atoms with Crippen LogP contribution in [0.2, 0.25) is 0 Å². The van der Waals surface area contributed by atoms with Gasteiger partial charge in [0.2, 0.25) is 11.8 Å². The van der Waals surface area contributed by atoms with Crippen molar-refractivity contribution in [2.24, 2.45) is 17.7 Å². The van der Waals surface area contributed by atoms with Gasteiger partial charge in [0.1, 0.15) is 0 Å². The van der Waals surface area contributed by atoms with Gasteiger partial charge >= 0.3 is 0 Å². The van der Waals surface area contributed by atoms with Gasteiger partial charge < -0.3 is 9.64 Å². The molecule has 2 aromatic carbocycles. The monoisotopic (exact) mass is 379 g/mol. The van der Waals surface area contributed by atoms with E-state index in [1.807, 2.05) is 65.6 Å². The predicted molar refractivity (Wildman–Crippen MR) is 105 cm³/mol. The highest BCUT2D eigenvalue weighted by Gasteiger charge is 2.58. The summed E-state index contributed by atoms with van der Waals surface area (Å²) in [7, 11) is 0. The number of nitrogens with zero attached hydrogens (tertiary/aromatic N) is 1. The van der Waals surface area contributed by atoms with Crippen molar-refractivity contribution in [2.75, 3.05) is 26.3 Å². The van der Waals surface area contributed by atoms with Crippen molar-refractivity contribution in [3.05, 3.63) is 71.8 Å². The van der Waals surface area contributed by atoms with E-state index in [1.54, 1.807) is 0 Å². The maximum atomic E-state index is 13.5. The molecule has 2 atom stereocenters. The standard InChI is InChI=1S/C22H25N3O3/c23-24-21(26)19-17(15-7-3-1-4-8-15)20(18(19)16-9-5-2-6-10-16)22(27)25-11-13-28-14-12-25/h1-10,17-20H,11-14,23H2,(H,24,26). The average Bonchev–Trinajstić information content (AvgIpc) is 2.75. The second-order valence-corrected chi connectivity index (χ2v) is 7.37. The molecule has 6 nitrogen and oxygen atoms in total. The number of morpholine rings is 1. The van der Waals surface area contributed by atoms with Crippen LogP contribution in [0.3, 0.4) is 0 Å². The summed E-state index contributed by atoms with van der Waals surface area (Å²) in [5.41, 5.74) is 4.31.